The molecule has 0 spiro atoms. The fourth-order valence-corrected chi connectivity index (χ4v) is 4.89. The zero-order valence-corrected chi connectivity index (χ0v) is 17.6. The minimum Gasteiger partial charge on any atom is -0.454 e. The number of carbonyl (C=O) groups is 1. The summed E-state index contributed by atoms with van der Waals surface area (Å²) in [4.78, 5) is 31.8. The van der Waals surface area contributed by atoms with Gasteiger partial charge >= 0.3 is 0 Å². The molecule has 0 unspecified atom stereocenters. The normalized spacial score (nSPS) is 12.3. The molecular weight excluding hydrogens is 410 g/mol. The van der Waals surface area contributed by atoms with Crippen molar-refractivity contribution in [2.24, 2.45) is 0 Å². The van der Waals surface area contributed by atoms with Crippen LogP contribution in [0, 0.1) is 13.8 Å². The summed E-state index contributed by atoms with van der Waals surface area (Å²) in [6, 6.07) is 5.23. The maximum absolute atomic E-state index is 13.0. The van der Waals surface area contributed by atoms with Crippen LogP contribution in [0.3, 0.4) is 0 Å². The predicted octanol–water partition coefficient (Wildman–Crippen LogP) is 3.72. The summed E-state index contributed by atoms with van der Waals surface area (Å²) < 4.78 is 12.2. The first-order valence-corrected chi connectivity index (χ1v) is 10.7. The fraction of sp³-hybridized carbons (Fsp3) is 0.250. The maximum atomic E-state index is 13.0. The van der Waals surface area contributed by atoms with E-state index in [2.05, 4.69) is 16.9 Å². The molecule has 4 rings (SSSR count). The van der Waals surface area contributed by atoms with Crippen molar-refractivity contribution in [2.45, 2.75) is 25.5 Å². The van der Waals surface area contributed by atoms with Crippen LogP contribution >= 0.6 is 23.1 Å². The highest BCUT2D eigenvalue weighted by atomic mass is 32.2. The Morgan fingerprint density at radius 3 is 2.97 bits per heavy atom. The van der Waals surface area contributed by atoms with Gasteiger partial charge in [0.05, 0.1) is 11.1 Å². The first-order valence-electron chi connectivity index (χ1n) is 8.91. The molecule has 7 nitrogen and oxygen atoms in total. The van der Waals surface area contributed by atoms with E-state index in [1.54, 1.807) is 28.8 Å². The van der Waals surface area contributed by atoms with Crippen LogP contribution in [0.1, 0.15) is 10.4 Å². The Balaban J connectivity index is 1.54. The molecule has 0 aliphatic carbocycles. The molecule has 0 fully saturated rings. The second-order valence-electron chi connectivity index (χ2n) is 6.47. The third kappa shape index (κ3) is 3.75. The largest absolute Gasteiger partial charge is 0.454 e. The van der Waals surface area contributed by atoms with Crippen molar-refractivity contribution in [1.82, 2.24) is 9.55 Å². The number of hydrogen-bond acceptors (Lipinski definition) is 7. The zero-order valence-electron chi connectivity index (χ0n) is 16.0. The number of thioether (sulfide) groups is 1. The Morgan fingerprint density at radius 2 is 2.17 bits per heavy atom. The molecule has 0 saturated carbocycles. The number of amides is 1. The van der Waals surface area contributed by atoms with Crippen LogP contribution < -0.4 is 20.3 Å². The van der Waals surface area contributed by atoms with E-state index in [0.717, 1.165) is 10.4 Å². The van der Waals surface area contributed by atoms with E-state index in [1.165, 1.54) is 23.1 Å². The van der Waals surface area contributed by atoms with Gasteiger partial charge in [0.1, 0.15) is 4.83 Å². The third-order valence-electron chi connectivity index (χ3n) is 4.55. The maximum Gasteiger partial charge on any atom is 0.263 e. The number of allylic oxidation sites excluding steroid dienone is 1. The molecule has 1 aromatic carbocycles. The van der Waals surface area contributed by atoms with Gasteiger partial charge in [-0.1, -0.05) is 17.8 Å². The van der Waals surface area contributed by atoms with Gasteiger partial charge in [0, 0.05) is 23.2 Å². The van der Waals surface area contributed by atoms with Crippen molar-refractivity contribution in [3.63, 3.8) is 0 Å². The number of carbonyl (C=O) groups excluding carboxylic acids is 1. The molecule has 0 saturated heterocycles. The van der Waals surface area contributed by atoms with Crippen molar-refractivity contribution in [3.05, 3.63) is 51.6 Å². The first-order chi connectivity index (χ1) is 14.0. The second-order valence-corrected chi connectivity index (χ2v) is 8.61. The molecule has 9 heteroatoms. The van der Waals surface area contributed by atoms with Gasteiger partial charge < -0.3 is 14.8 Å². The molecule has 3 heterocycles. The molecule has 1 N–H and O–H groups in total. The summed E-state index contributed by atoms with van der Waals surface area (Å²) in [6.07, 6.45) is 1.65. The molecular formula is C20H19N3O4S2. The van der Waals surface area contributed by atoms with Crippen molar-refractivity contribution in [3.8, 4) is 11.5 Å². The SMILES string of the molecule is C=CCn1c(SCC(=O)Nc2ccc3c(c2)OCO3)nc2sc(C)c(C)c2c1=O. The van der Waals surface area contributed by atoms with Gasteiger partial charge in [0.2, 0.25) is 12.7 Å². The molecule has 1 aliphatic heterocycles. The summed E-state index contributed by atoms with van der Waals surface area (Å²) in [7, 11) is 0. The quantitative estimate of drug-likeness (QED) is 0.365. The molecule has 0 atom stereocenters. The van der Waals surface area contributed by atoms with Crippen molar-refractivity contribution < 1.29 is 14.3 Å². The van der Waals surface area contributed by atoms with Gasteiger partial charge in [-0.15, -0.1) is 17.9 Å². The molecule has 29 heavy (non-hydrogen) atoms. The second kappa shape index (κ2) is 7.92. The van der Waals surface area contributed by atoms with Crippen molar-refractivity contribution in [2.75, 3.05) is 17.9 Å². The van der Waals surface area contributed by atoms with Crippen molar-refractivity contribution in [1.29, 1.82) is 0 Å². The number of aryl methyl sites for hydroxylation is 2. The monoisotopic (exact) mass is 429 g/mol. The van der Waals surface area contributed by atoms with Gasteiger partial charge in [-0.05, 0) is 31.5 Å². The Hall–Kier alpha value is -2.78. The molecule has 0 radical (unpaired) electrons. The van der Waals surface area contributed by atoms with Gasteiger partial charge in [0.15, 0.2) is 16.7 Å². The number of nitrogens with one attached hydrogen (secondary N) is 1. The minimum absolute atomic E-state index is 0.101. The Labute approximate surface area is 175 Å². The first kappa shape index (κ1) is 19.5. The molecule has 0 bridgehead atoms. The minimum atomic E-state index is -0.202. The average molecular weight is 430 g/mol. The van der Waals surface area contributed by atoms with Crippen LogP contribution in [0.15, 0.2) is 40.8 Å². The Kier molecular flexibility index (Phi) is 5.33. The van der Waals surface area contributed by atoms with Gasteiger partial charge in [-0.3, -0.25) is 14.2 Å². The molecule has 2 aromatic heterocycles. The highest BCUT2D eigenvalue weighted by molar-refractivity contribution is 7.99. The molecule has 1 amide bonds. The van der Waals surface area contributed by atoms with Crippen LogP contribution in [0.2, 0.25) is 0 Å². The number of fused-ring (bicyclic) bond motifs is 2. The van der Waals surface area contributed by atoms with E-state index in [1.807, 2.05) is 13.8 Å². The standard InChI is InChI=1S/C20H19N3O4S2/c1-4-7-23-19(25)17-11(2)12(3)29-18(17)22-20(23)28-9-16(24)21-13-5-6-14-15(8-13)27-10-26-14/h4-6,8H,1,7,9-10H2,2-3H3,(H,21,24). The van der Waals surface area contributed by atoms with E-state index in [-0.39, 0.29) is 24.0 Å². The van der Waals surface area contributed by atoms with Crippen LogP contribution in [0.5, 0.6) is 11.5 Å². The third-order valence-corrected chi connectivity index (χ3v) is 6.63. The number of nitrogens with zero attached hydrogens (tertiary/aromatic N) is 2. The van der Waals surface area contributed by atoms with E-state index in [0.29, 0.717) is 39.1 Å². The molecule has 150 valence electrons. The Bertz CT molecular complexity index is 1180. The number of anilines is 1. The summed E-state index contributed by atoms with van der Waals surface area (Å²) >= 11 is 2.72. The van der Waals surface area contributed by atoms with Crippen LogP contribution in [-0.2, 0) is 11.3 Å². The number of thiophene rings is 1. The number of hydrogen-bond donors (Lipinski definition) is 1. The van der Waals surface area contributed by atoms with Gasteiger partial charge in [-0.25, -0.2) is 4.98 Å². The van der Waals surface area contributed by atoms with Gasteiger partial charge in [-0.2, -0.15) is 0 Å². The van der Waals surface area contributed by atoms with E-state index in [4.69, 9.17) is 9.47 Å². The molecule has 3 aromatic rings. The summed E-state index contributed by atoms with van der Waals surface area (Å²) in [5.74, 6) is 1.18. The topological polar surface area (TPSA) is 82.5 Å². The highest BCUT2D eigenvalue weighted by Crippen LogP contribution is 2.34. The lowest BCUT2D eigenvalue weighted by Gasteiger charge is -2.10. The zero-order chi connectivity index (χ0) is 20.5. The Morgan fingerprint density at radius 1 is 1.38 bits per heavy atom. The van der Waals surface area contributed by atoms with E-state index >= 15 is 0 Å². The van der Waals surface area contributed by atoms with E-state index in [9.17, 15) is 9.59 Å². The van der Waals surface area contributed by atoms with E-state index < -0.39 is 0 Å². The van der Waals surface area contributed by atoms with Gasteiger partial charge in [0.25, 0.3) is 5.56 Å². The summed E-state index contributed by atoms with van der Waals surface area (Å²) in [5.41, 5.74) is 1.48. The van der Waals surface area contributed by atoms with Crippen molar-refractivity contribution >= 4 is 44.9 Å². The molecule has 1 aliphatic rings. The number of aromatic nitrogens is 2. The lowest BCUT2D eigenvalue weighted by atomic mass is 10.2. The lowest BCUT2D eigenvalue weighted by molar-refractivity contribution is -0.113. The number of benzene rings is 1. The summed E-state index contributed by atoms with van der Waals surface area (Å²) in [6.45, 7) is 8.15. The lowest BCUT2D eigenvalue weighted by Crippen LogP contribution is -2.23. The van der Waals surface area contributed by atoms with Crippen LogP contribution in [0.4, 0.5) is 5.69 Å². The predicted molar refractivity (Wildman–Crippen MR) is 115 cm³/mol. The fourth-order valence-electron chi connectivity index (χ4n) is 3.01. The average Bonchev–Trinajstić information content (AvgIpc) is 3.27. The smallest absolute Gasteiger partial charge is 0.263 e. The number of ether oxygens (including phenoxy) is 2. The summed E-state index contributed by atoms with van der Waals surface area (Å²) in [5, 5.41) is 3.98. The van der Waals surface area contributed by atoms with Crippen LogP contribution in [0.25, 0.3) is 10.2 Å². The number of rotatable bonds is 6. The highest BCUT2D eigenvalue weighted by Gasteiger charge is 2.18. The van der Waals surface area contributed by atoms with Crippen LogP contribution in [-0.4, -0.2) is 28.0 Å².